The van der Waals surface area contributed by atoms with E-state index in [2.05, 4.69) is 0 Å². The molecule has 1 aliphatic heterocycles. The molecule has 1 saturated heterocycles. The predicted octanol–water partition coefficient (Wildman–Crippen LogP) is 1.10. The summed E-state index contributed by atoms with van der Waals surface area (Å²) in [5.41, 5.74) is 0. The molecule has 1 unspecified atom stereocenters. The number of carbonyl (C=O) groups is 1. The van der Waals surface area contributed by atoms with E-state index in [0.717, 1.165) is 19.4 Å². The van der Waals surface area contributed by atoms with Gasteiger partial charge in [-0.1, -0.05) is 22.6 Å². The van der Waals surface area contributed by atoms with Crippen LogP contribution >= 0.6 is 22.6 Å². The van der Waals surface area contributed by atoms with E-state index in [0.29, 0.717) is 4.43 Å². The Morgan fingerprint density at radius 1 is 1.80 bits per heavy atom. The zero-order valence-corrected chi connectivity index (χ0v) is 7.67. The average Bonchev–Trinajstić information content (AvgIpc) is 2.40. The summed E-state index contributed by atoms with van der Waals surface area (Å²) in [4.78, 5) is 10.7. The molecule has 10 heavy (non-hydrogen) atoms. The van der Waals surface area contributed by atoms with Crippen molar-refractivity contribution < 1.29 is 14.3 Å². The molecule has 3 nitrogen and oxygen atoms in total. The molecule has 1 rings (SSSR count). The standard InChI is InChI=1S/C6H9IO3/c7-4-5(8)10-6-2-1-3-9-6/h6H,1-4H2. The van der Waals surface area contributed by atoms with E-state index in [-0.39, 0.29) is 12.3 Å². The highest BCUT2D eigenvalue weighted by Gasteiger charge is 2.18. The molecular formula is C6H9IO3. The van der Waals surface area contributed by atoms with Gasteiger partial charge >= 0.3 is 5.97 Å². The average molecular weight is 256 g/mol. The normalized spacial score (nSPS) is 24.7. The number of esters is 1. The summed E-state index contributed by atoms with van der Waals surface area (Å²) >= 11 is 1.97. The zero-order chi connectivity index (χ0) is 7.40. The summed E-state index contributed by atoms with van der Waals surface area (Å²) in [6.45, 7) is 0.721. The van der Waals surface area contributed by atoms with Crippen molar-refractivity contribution in [3.8, 4) is 0 Å². The van der Waals surface area contributed by atoms with Crippen molar-refractivity contribution in [2.45, 2.75) is 19.1 Å². The maximum Gasteiger partial charge on any atom is 0.318 e. The highest BCUT2D eigenvalue weighted by atomic mass is 127. The highest BCUT2D eigenvalue weighted by molar-refractivity contribution is 14.1. The van der Waals surface area contributed by atoms with Crippen LogP contribution in [0.2, 0.25) is 0 Å². The molecule has 1 aliphatic rings. The third-order valence-corrected chi connectivity index (χ3v) is 1.88. The summed E-state index contributed by atoms with van der Waals surface area (Å²) in [6.07, 6.45) is 1.59. The number of halogens is 1. The van der Waals surface area contributed by atoms with Gasteiger partial charge in [-0.25, -0.2) is 0 Å². The minimum atomic E-state index is -0.262. The van der Waals surface area contributed by atoms with Gasteiger partial charge < -0.3 is 9.47 Å². The molecule has 0 aromatic heterocycles. The SMILES string of the molecule is O=C(CI)OC1CCCO1. The Morgan fingerprint density at radius 3 is 3.10 bits per heavy atom. The van der Waals surface area contributed by atoms with Gasteiger partial charge in [-0.2, -0.15) is 0 Å². The largest absolute Gasteiger partial charge is 0.435 e. The number of carbonyl (C=O) groups excluding carboxylic acids is 1. The predicted molar refractivity (Wildman–Crippen MR) is 44.0 cm³/mol. The van der Waals surface area contributed by atoms with Gasteiger partial charge in [0.25, 0.3) is 0 Å². The van der Waals surface area contributed by atoms with E-state index in [1.165, 1.54) is 0 Å². The van der Waals surface area contributed by atoms with E-state index in [9.17, 15) is 4.79 Å². The molecule has 0 radical (unpaired) electrons. The van der Waals surface area contributed by atoms with Crippen molar-refractivity contribution in [1.29, 1.82) is 0 Å². The smallest absolute Gasteiger partial charge is 0.318 e. The van der Waals surface area contributed by atoms with Gasteiger partial charge in [-0.3, -0.25) is 4.79 Å². The van der Waals surface area contributed by atoms with Crippen molar-refractivity contribution in [2.24, 2.45) is 0 Å². The Hall–Kier alpha value is 0.160. The molecule has 1 fully saturated rings. The Morgan fingerprint density at radius 2 is 2.60 bits per heavy atom. The van der Waals surface area contributed by atoms with Crippen LogP contribution in [0.4, 0.5) is 0 Å². The van der Waals surface area contributed by atoms with Crippen LogP contribution in [0.25, 0.3) is 0 Å². The lowest BCUT2D eigenvalue weighted by Gasteiger charge is -2.08. The molecule has 58 valence electrons. The van der Waals surface area contributed by atoms with Gasteiger partial charge in [0.15, 0.2) is 0 Å². The summed E-state index contributed by atoms with van der Waals surface area (Å²) in [5, 5.41) is 0. The second-order valence-electron chi connectivity index (χ2n) is 2.07. The number of hydrogen-bond donors (Lipinski definition) is 0. The minimum Gasteiger partial charge on any atom is -0.435 e. The third kappa shape index (κ3) is 2.42. The number of hydrogen-bond acceptors (Lipinski definition) is 3. The fourth-order valence-corrected chi connectivity index (χ4v) is 0.999. The van der Waals surface area contributed by atoms with Crippen molar-refractivity contribution in [3.05, 3.63) is 0 Å². The second kappa shape index (κ2) is 4.12. The van der Waals surface area contributed by atoms with Gasteiger partial charge in [-0.05, 0) is 6.42 Å². The lowest BCUT2D eigenvalue weighted by atomic mass is 10.4. The minimum absolute atomic E-state index is 0.187. The molecule has 0 aliphatic carbocycles. The van der Waals surface area contributed by atoms with Crippen LogP contribution in [0, 0.1) is 0 Å². The Balaban J connectivity index is 2.17. The Kier molecular flexibility index (Phi) is 3.41. The number of rotatable bonds is 2. The van der Waals surface area contributed by atoms with E-state index in [4.69, 9.17) is 9.47 Å². The molecule has 0 saturated carbocycles. The van der Waals surface area contributed by atoms with Crippen LogP contribution in [0.1, 0.15) is 12.8 Å². The summed E-state index contributed by atoms with van der Waals surface area (Å²) in [6, 6.07) is 0. The first-order valence-electron chi connectivity index (χ1n) is 3.20. The first-order valence-corrected chi connectivity index (χ1v) is 4.72. The summed E-state index contributed by atoms with van der Waals surface area (Å²) in [7, 11) is 0. The van der Waals surface area contributed by atoms with Crippen molar-refractivity contribution in [3.63, 3.8) is 0 Å². The van der Waals surface area contributed by atoms with Crippen molar-refractivity contribution in [2.75, 3.05) is 11.0 Å². The van der Waals surface area contributed by atoms with Gasteiger partial charge in [-0.15, -0.1) is 0 Å². The lowest BCUT2D eigenvalue weighted by Crippen LogP contribution is -2.17. The molecular weight excluding hydrogens is 247 g/mol. The van der Waals surface area contributed by atoms with Gasteiger partial charge in [0.1, 0.15) is 0 Å². The summed E-state index contributed by atoms with van der Waals surface area (Å²) < 4.78 is 10.4. The van der Waals surface area contributed by atoms with Gasteiger partial charge in [0.05, 0.1) is 11.0 Å². The van der Waals surface area contributed by atoms with Crippen LogP contribution in [0.15, 0.2) is 0 Å². The second-order valence-corrected chi connectivity index (χ2v) is 2.83. The Labute approximate surface area is 73.2 Å². The topological polar surface area (TPSA) is 35.5 Å². The summed E-state index contributed by atoms with van der Waals surface area (Å²) in [5.74, 6) is -0.187. The van der Waals surface area contributed by atoms with Crippen LogP contribution < -0.4 is 0 Å². The molecule has 1 heterocycles. The van der Waals surface area contributed by atoms with Crippen LogP contribution in [-0.2, 0) is 14.3 Å². The number of ether oxygens (including phenoxy) is 2. The van der Waals surface area contributed by atoms with Crippen molar-refractivity contribution >= 4 is 28.6 Å². The monoisotopic (exact) mass is 256 g/mol. The maximum absolute atomic E-state index is 10.7. The van der Waals surface area contributed by atoms with Gasteiger partial charge in [0, 0.05) is 6.42 Å². The molecule has 0 aromatic rings. The maximum atomic E-state index is 10.7. The van der Waals surface area contributed by atoms with Crippen LogP contribution in [-0.4, -0.2) is 23.3 Å². The number of alkyl halides is 1. The van der Waals surface area contributed by atoms with Crippen LogP contribution in [0.3, 0.4) is 0 Å². The Bertz CT molecular complexity index is 120. The molecule has 0 aromatic carbocycles. The molecule has 1 atom stereocenters. The molecule has 0 bridgehead atoms. The van der Waals surface area contributed by atoms with E-state index in [1.807, 2.05) is 22.6 Å². The first kappa shape index (κ1) is 8.26. The van der Waals surface area contributed by atoms with E-state index < -0.39 is 0 Å². The van der Waals surface area contributed by atoms with Crippen molar-refractivity contribution in [1.82, 2.24) is 0 Å². The van der Waals surface area contributed by atoms with Gasteiger partial charge in [0.2, 0.25) is 6.29 Å². The molecule has 4 heteroatoms. The third-order valence-electron chi connectivity index (χ3n) is 1.26. The fourth-order valence-electron chi connectivity index (χ4n) is 0.819. The van der Waals surface area contributed by atoms with E-state index >= 15 is 0 Å². The lowest BCUT2D eigenvalue weighted by molar-refractivity contribution is -0.166. The highest BCUT2D eigenvalue weighted by Crippen LogP contribution is 2.13. The molecule has 0 amide bonds. The molecule has 0 spiro atoms. The zero-order valence-electron chi connectivity index (χ0n) is 5.51. The van der Waals surface area contributed by atoms with Crippen LogP contribution in [0.5, 0.6) is 0 Å². The fraction of sp³-hybridized carbons (Fsp3) is 0.833. The first-order chi connectivity index (χ1) is 4.83. The molecule has 0 N–H and O–H groups in total. The quantitative estimate of drug-likeness (QED) is 0.421. The van der Waals surface area contributed by atoms with E-state index in [1.54, 1.807) is 0 Å².